The topological polar surface area (TPSA) is 30.7 Å². The van der Waals surface area contributed by atoms with Crippen LogP contribution in [-0.4, -0.2) is 15.0 Å². The van der Waals surface area contributed by atoms with E-state index in [-0.39, 0.29) is 0 Å². The van der Waals surface area contributed by atoms with Crippen molar-refractivity contribution in [2.24, 2.45) is 7.05 Å². The maximum atomic E-state index is 4.04. The molecular weight excluding hydrogens is 250 g/mol. The summed E-state index contributed by atoms with van der Waals surface area (Å²) in [5, 5.41) is 8.75. The van der Waals surface area contributed by atoms with Gasteiger partial charge < -0.3 is 0 Å². The van der Waals surface area contributed by atoms with Gasteiger partial charge in [0.15, 0.2) is 4.60 Å². The highest BCUT2D eigenvalue weighted by molar-refractivity contribution is 9.10. The smallest absolute Gasteiger partial charge is 0.152 e. The fraction of sp³-hybridized carbons (Fsp3) is 0.500. The maximum Gasteiger partial charge on any atom is 0.152 e. The lowest BCUT2D eigenvalue weighted by atomic mass is 10.6. The van der Waals surface area contributed by atoms with Crippen LogP contribution >= 0.6 is 31.9 Å². The Balaban J connectivity index is 3.01. The van der Waals surface area contributed by atoms with E-state index in [1.54, 1.807) is 7.05 Å². The van der Waals surface area contributed by atoms with Crippen molar-refractivity contribution >= 4 is 31.9 Å². The Morgan fingerprint density at radius 1 is 1.56 bits per heavy atom. The molecule has 0 saturated heterocycles. The molecule has 1 heterocycles. The minimum Gasteiger partial charge on any atom is -0.187 e. The predicted molar refractivity (Wildman–Crippen MR) is 41.3 cm³/mol. The Kier molecular flexibility index (Phi) is 2.23. The predicted octanol–water partition coefficient (Wildman–Crippen LogP) is 1.47. The van der Waals surface area contributed by atoms with Gasteiger partial charge in [-0.1, -0.05) is 15.9 Å². The minimum absolute atomic E-state index is 0.738. The minimum atomic E-state index is 0.738. The van der Waals surface area contributed by atoms with Crippen LogP contribution in [0.4, 0.5) is 0 Å². The second kappa shape index (κ2) is 2.79. The quantitative estimate of drug-likeness (QED) is 0.711. The van der Waals surface area contributed by atoms with Gasteiger partial charge in [-0.25, -0.2) is 0 Å². The van der Waals surface area contributed by atoms with Crippen LogP contribution in [-0.2, 0) is 12.4 Å². The van der Waals surface area contributed by atoms with Crippen molar-refractivity contribution < 1.29 is 0 Å². The zero-order valence-corrected chi connectivity index (χ0v) is 7.98. The maximum absolute atomic E-state index is 4.04. The van der Waals surface area contributed by atoms with Gasteiger partial charge in [-0.15, -0.1) is 5.10 Å². The van der Waals surface area contributed by atoms with Crippen molar-refractivity contribution in [3.63, 3.8) is 0 Å². The number of alkyl halides is 1. The molecule has 1 rings (SSSR count). The van der Waals surface area contributed by atoms with Crippen LogP contribution in [0.15, 0.2) is 4.60 Å². The Labute approximate surface area is 69.7 Å². The Morgan fingerprint density at radius 2 is 2.22 bits per heavy atom. The molecule has 0 amide bonds. The summed E-state index contributed by atoms with van der Waals surface area (Å²) in [7, 11) is 1.79. The van der Waals surface area contributed by atoms with Crippen molar-refractivity contribution in [2.75, 3.05) is 0 Å². The number of aryl methyl sites for hydroxylation is 1. The van der Waals surface area contributed by atoms with Crippen LogP contribution in [0.25, 0.3) is 0 Å². The monoisotopic (exact) mass is 253 g/mol. The summed E-state index contributed by atoms with van der Waals surface area (Å²) in [5.41, 5.74) is 0.928. The molecule has 50 valence electrons. The summed E-state index contributed by atoms with van der Waals surface area (Å²) < 4.78 is 0.807. The van der Waals surface area contributed by atoms with Gasteiger partial charge in [0.25, 0.3) is 0 Å². The number of hydrogen-bond donors (Lipinski definition) is 0. The lowest BCUT2D eigenvalue weighted by Gasteiger charge is -1.80. The number of nitrogens with zero attached hydrogens (tertiary/aromatic N) is 3. The van der Waals surface area contributed by atoms with Gasteiger partial charge in [-0.3, -0.25) is 0 Å². The molecule has 1 aromatic rings. The normalized spacial score (nSPS) is 10.1. The molecule has 0 fully saturated rings. The van der Waals surface area contributed by atoms with Gasteiger partial charge >= 0.3 is 0 Å². The van der Waals surface area contributed by atoms with Gasteiger partial charge in [0.1, 0.15) is 5.69 Å². The van der Waals surface area contributed by atoms with Crippen molar-refractivity contribution in [3.05, 3.63) is 10.3 Å². The molecule has 1 aromatic heterocycles. The molecule has 0 aliphatic heterocycles. The Morgan fingerprint density at radius 3 is 2.44 bits per heavy atom. The van der Waals surface area contributed by atoms with Crippen molar-refractivity contribution in [1.82, 2.24) is 15.0 Å². The second-order valence-electron chi connectivity index (χ2n) is 1.56. The standard InChI is InChI=1S/C4H5Br2N3/c1-9-7-3(2-5)4(6)8-9/h2H2,1H3. The third-order valence-electron chi connectivity index (χ3n) is 0.863. The molecule has 0 atom stereocenters. The first-order valence-electron chi connectivity index (χ1n) is 2.35. The van der Waals surface area contributed by atoms with Gasteiger partial charge in [-0.05, 0) is 15.9 Å². The molecule has 0 radical (unpaired) electrons. The fourth-order valence-corrected chi connectivity index (χ4v) is 1.71. The van der Waals surface area contributed by atoms with E-state index in [9.17, 15) is 0 Å². The summed E-state index contributed by atoms with van der Waals surface area (Å²) >= 11 is 6.53. The molecule has 9 heavy (non-hydrogen) atoms. The number of rotatable bonds is 1. The molecule has 3 nitrogen and oxygen atoms in total. The lowest BCUT2D eigenvalue weighted by Crippen LogP contribution is -1.91. The molecular formula is C4H5Br2N3. The van der Waals surface area contributed by atoms with Gasteiger partial charge in [-0.2, -0.15) is 9.90 Å². The summed E-state index contributed by atoms with van der Waals surface area (Å²) in [6.45, 7) is 0. The molecule has 0 aliphatic carbocycles. The van der Waals surface area contributed by atoms with Crippen LogP contribution < -0.4 is 0 Å². The van der Waals surface area contributed by atoms with E-state index >= 15 is 0 Å². The average Bonchev–Trinajstić information content (AvgIpc) is 2.10. The summed E-state index contributed by atoms with van der Waals surface area (Å²) in [6, 6.07) is 0. The van der Waals surface area contributed by atoms with E-state index < -0.39 is 0 Å². The van der Waals surface area contributed by atoms with E-state index in [2.05, 4.69) is 42.1 Å². The van der Waals surface area contributed by atoms with Gasteiger partial charge in [0.2, 0.25) is 0 Å². The van der Waals surface area contributed by atoms with Crippen LogP contribution in [0, 0.1) is 0 Å². The molecule has 5 heteroatoms. The number of aromatic nitrogens is 3. The van der Waals surface area contributed by atoms with E-state index in [1.165, 1.54) is 4.80 Å². The highest BCUT2D eigenvalue weighted by atomic mass is 79.9. The number of halogens is 2. The number of hydrogen-bond acceptors (Lipinski definition) is 2. The van der Waals surface area contributed by atoms with Crippen LogP contribution in [0.2, 0.25) is 0 Å². The molecule has 0 N–H and O–H groups in total. The summed E-state index contributed by atoms with van der Waals surface area (Å²) in [4.78, 5) is 1.53. The Hall–Kier alpha value is 0.1000. The molecule has 0 aliphatic rings. The van der Waals surface area contributed by atoms with E-state index in [0.29, 0.717) is 0 Å². The van der Waals surface area contributed by atoms with E-state index in [1.807, 2.05) is 0 Å². The van der Waals surface area contributed by atoms with Gasteiger partial charge in [0, 0.05) is 7.05 Å². The highest BCUT2D eigenvalue weighted by Gasteiger charge is 2.02. The summed E-state index contributed by atoms with van der Waals surface area (Å²) in [6.07, 6.45) is 0. The molecule has 0 saturated carbocycles. The van der Waals surface area contributed by atoms with Crippen molar-refractivity contribution in [2.45, 2.75) is 5.33 Å². The van der Waals surface area contributed by atoms with E-state index in [0.717, 1.165) is 15.6 Å². The van der Waals surface area contributed by atoms with Crippen LogP contribution in [0.3, 0.4) is 0 Å². The average molecular weight is 255 g/mol. The fourth-order valence-electron chi connectivity index (χ4n) is 0.505. The lowest BCUT2D eigenvalue weighted by molar-refractivity contribution is 0.646. The first-order valence-corrected chi connectivity index (χ1v) is 4.27. The van der Waals surface area contributed by atoms with Crippen LogP contribution in [0.5, 0.6) is 0 Å². The van der Waals surface area contributed by atoms with Crippen molar-refractivity contribution in [3.8, 4) is 0 Å². The molecule has 0 unspecified atom stereocenters. The molecule has 0 aromatic carbocycles. The molecule has 0 spiro atoms. The zero-order valence-electron chi connectivity index (χ0n) is 4.80. The molecule has 0 bridgehead atoms. The first kappa shape index (κ1) is 7.21. The van der Waals surface area contributed by atoms with Gasteiger partial charge in [0.05, 0.1) is 5.33 Å². The largest absolute Gasteiger partial charge is 0.187 e. The second-order valence-corrected chi connectivity index (χ2v) is 2.87. The highest BCUT2D eigenvalue weighted by Crippen LogP contribution is 2.12. The third kappa shape index (κ3) is 1.52. The first-order chi connectivity index (χ1) is 4.24. The van der Waals surface area contributed by atoms with Crippen molar-refractivity contribution in [1.29, 1.82) is 0 Å². The third-order valence-corrected chi connectivity index (χ3v) is 2.01. The SMILES string of the molecule is Cn1nc(Br)c(CBr)n1. The summed E-state index contributed by atoms with van der Waals surface area (Å²) in [5.74, 6) is 0. The Bertz CT molecular complexity index is 208. The zero-order chi connectivity index (χ0) is 6.85. The van der Waals surface area contributed by atoms with Crippen LogP contribution in [0.1, 0.15) is 5.69 Å². The van der Waals surface area contributed by atoms with E-state index in [4.69, 9.17) is 0 Å².